The zero-order chi connectivity index (χ0) is 14.0. The highest BCUT2D eigenvalue weighted by Crippen LogP contribution is 2.35. The molecule has 2 aliphatic rings. The molecule has 0 aliphatic heterocycles. The van der Waals surface area contributed by atoms with Crippen LogP contribution < -0.4 is 10.1 Å². The van der Waals surface area contributed by atoms with Gasteiger partial charge in [-0.3, -0.25) is 0 Å². The maximum atomic E-state index is 9.74. The van der Waals surface area contributed by atoms with Gasteiger partial charge in [-0.2, -0.15) is 0 Å². The fourth-order valence-corrected chi connectivity index (χ4v) is 3.19. The summed E-state index contributed by atoms with van der Waals surface area (Å²) in [5.74, 6) is 0.967. The number of hydrogen-bond donors (Lipinski definition) is 2. The first kappa shape index (κ1) is 13.9. The maximum Gasteiger partial charge on any atom is 0.119 e. The van der Waals surface area contributed by atoms with Crippen molar-refractivity contribution >= 4 is 0 Å². The van der Waals surface area contributed by atoms with Crippen molar-refractivity contribution in [3.8, 4) is 5.75 Å². The van der Waals surface area contributed by atoms with Crippen molar-refractivity contribution in [3.05, 3.63) is 29.8 Å². The third-order valence-corrected chi connectivity index (χ3v) is 4.56. The van der Waals surface area contributed by atoms with Crippen LogP contribution in [0.3, 0.4) is 0 Å². The molecular formula is C17H25NO2. The first-order chi connectivity index (χ1) is 9.73. The Morgan fingerprint density at radius 3 is 2.90 bits per heavy atom. The van der Waals surface area contributed by atoms with Gasteiger partial charge in [0.2, 0.25) is 0 Å². The third kappa shape index (κ3) is 3.15. The molecular weight excluding hydrogens is 250 g/mol. The zero-order valence-electron chi connectivity index (χ0n) is 12.3. The van der Waals surface area contributed by atoms with Gasteiger partial charge in [0.1, 0.15) is 11.9 Å². The van der Waals surface area contributed by atoms with Crippen molar-refractivity contribution in [2.24, 2.45) is 0 Å². The Kier molecular flexibility index (Phi) is 3.99. The minimum Gasteiger partial charge on any atom is -0.490 e. The van der Waals surface area contributed by atoms with Gasteiger partial charge in [-0.15, -0.1) is 0 Å². The Morgan fingerprint density at radius 1 is 1.35 bits per heavy atom. The largest absolute Gasteiger partial charge is 0.490 e. The van der Waals surface area contributed by atoms with Crippen molar-refractivity contribution in [1.82, 2.24) is 5.32 Å². The molecule has 3 rings (SSSR count). The molecule has 2 atom stereocenters. The quantitative estimate of drug-likeness (QED) is 0.838. The standard InChI is InChI=1S/C17H25NO2/c1-2-13-4-3-5-15(10-13)20-16-8-9-17(11-16,12-19)18-14-6-7-14/h3-5,10,14,16,18-19H,2,6-9,11-12H2,1H3. The lowest BCUT2D eigenvalue weighted by atomic mass is 9.98. The number of aryl methyl sites for hydroxylation is 1. The van der Waals surface area contributed by atoms with Gasteiger partial charge >= 0.3 is 0 Å². The van der Waals surface area contributed by atoms with Crippen molar-refractivity contribution < 1.29 is 9.84 Å². The normalized spacial score (nSPS) is 29.6. The lowest BCUT2D eigenvalue weighted by Gasteiger charge is -2.28. The van der Waals surface area contributed by atoms with Gasteiger partial charge < -0.3 is 15.2 Å². The molecule has 1 aromatic rings. The number of nitrogens with one attached hydrogen (secondary N) is 1. The SMILES string of the molecule is CCc1cccc(OC2CCC(CO)(NC3CC3)C2)c1. The average molecular weight is 275 g/mol. The Labute approximate surface area is 121 Å². The summed E-state index contributed by atoms with van der Waals surface area (Å²) in [6.45, 7) is 2.38. The van der Waals surface area contributed by atoms with Crippen molar-refractivity contribution in [3.63, 3.8) is 0 Å². The molecule has 20 heavy (non-hydrogen) atoms. The van der Waals surface area contributed by atoms with Crippen LogP contribution in [0.4, 0.5) is 0 Å². The first-order valence-corrected chi connectivity index (χ1v) is 7.87. The van der Waals surface area contributed by atoms with Crippen LogP contribution >= 0.6 is 0 Å². The van der Waals surface area contributed by atoms with Gasteiger partial charge in [-0.25, -0.2) is 0 Å². The topological polar surface area (TPSA) is 41.5 Å². The highest BCUT2D eigenvalue weighted by atomic mass is 16.5. The summed E-state index contributed by atoms with van der Waals surface area (Å²) in [6.07, 6.45) is 6.72. The summed E-state index contributed by atoms with van der Waals surface area (Å²) < 4.78 is 6.13. The molecule has 110 valence electrons. The van der Waals surface area contributed by atoms with Crippen LogP contribution in [-0.2, 0) is 6.42 Å². The van der Waals surface area contributed by atoms with E-state index in [4.69, 9.17) is 4.74 Å². The van der Waals surface area contributed by atoms with Gasteiger partial charge in [0.15, 0.2) is 0 Å². The van der Waals surface area contributed by atoms with Gasteiger partial charge in [-0.05, 0) is 49.8 Å². The Bertz CT molecular complexity index is 458. The van der Waals surface area contributed by atoms with Crippen LogP contribution in [0.25, 0.3) is 0 Å². The summed E-state index contributed by atoms with van der Waals surface area (Å²) in [6, 6.07) is 8.99. The van der Waals surface area contributed by atoms with E-state index in [0.717, 1.165) is 31.4 Å². The second kappa shape index (κ2) is 5.74. The van der Waals surface area contributed by atoms with Crippen molar-refractivity contribution in [1.29, 1.82) is 0 Å². The molecule has 3 heteroatoms. The Balaban J connectivity index is 1.61. The number of ether oxygens (including phenoxy) is 1. The summed E-state index contributed by atoms with van der Waals surface area (Å²) in [5, 5.41) is 13.4. The van der Waals surface area contributed by atoms with E-state index >= 15 is 0 Å². The molecule has 2 fully saturated rings. The Morgan fingerprint density at radius 2 is 2.20 bits per heavy atom. The monoisotopic (exact) mass is 275 g/mol. The molecule has 2 aliphatic carbocycles. The van der Waals surface area contributed by atoms with E-state index in [0.29, 0.717) is 6.04 Å². The third-order valence-electron chi connectivity index (χ3n) is 4.56. The minimum atomic E-state index is -0.103. The minimum absolute atomic E-state index is 0.103. The van der Waals surface area contributed by atoms with Crippen LogP contribution in [0, 0.1) is 0 Å². The molecule has 0 spiro atoms. The molecule has 2 saturated carbocycles. The van der Waals surface area contributed by atoms with Gasteiger partial charge in [-0.1, -0.05) is 19.1 Å². The summed E-state index contributed by atoms with van der Waals surface area (Å²) in [4.78, 5) is 0. The molecule has 2 N–H and O–H groups in total. The molecule has 0 saturated heterocycles. The van der Waals surface area contributed by atoms with E-state index in [1.165, 1.54) is 18.4 Å². The van der Waals surface area contributed by atoms with E-state index in [-0.39, 0.29) is 18.2 Å². The molecule has 2 unspecified atom stereocenters. The summed E-state index contributed by atoms with van der Waals surface area (Å²) in [5.41, 5.74) is 1.21. The number of benzene rings is 1. The van der Waals surface area contributed by atoms with Crippen LogP contribution in [0.1, 0.15) is 44.6 Å². The second-order valence-electron chi connectivity index (χ2n) is 6.34. The van der Waals surface area contributed by atoms with Crippen LogP contribution in [0.15, 0.2) is 24.3 Å². The lowest BCUT2D eigenvalue weighted by Crippen LogP contribution is -2.48. The van der Waals surface area contributed by atoms with Gasteiger partial charge in [0.05, 0.1) is 6.61 Å². The predicted molar refractivity (Wildman–Crippen MR) is 80.1 cm³/mol. The highest BCUT2D eigenvalue weighted by Gasteiger charge is 2.42. The number of aliphatic hydroxyl groups excluding tert-OH is 1. The Hall–Kier alpha value is -1.06. The summed E-state index contributed by atoms with van der Waals surface area (Å²) >= 11 is 0. The average Bonchev–Trinajstić information content (AvgIpc) is 3.19. The van der Waals surface area contributed by atoms with E-state index in [9.17, 15) is 5.11 Å². The van der Waals surface area contributed by atoms with Gasteiger partial charge in [0.25, 0.3) is 0 Å². The first-order valence-electron chi connectivity index (χ1n) is 7.87. The second-order valence-corrected chi connectivity index (χ2v) is 6.34. The molecule has 1 aromatic carbocycles. The van der Waals surface area contributed by atoms with E-state index in [2.05, 4.69) is 30.4 Å². The van der Waals surface area contributed by atoms with Crippen LogP contribution in [0.2, 0.25) is 0 Å². The van der Waals surface area contributed by atoms with E-state index < -0.39 is 0 Å². The number of hydrogen-bond acceptors (Lipinski definition) is 3. The number of aliphatic hydroxyl groups is 1. The van der Waals surface area contributed by atoms with E-state index in [1.54, 1.807) is 0 Å². The highest BCUT2D eigenvalue weighted by molar-refractivity contribution is 5.28. The van der Waals surface area contributed by atoms with Crippen LogP contribution in [-0.4, -0.2) is 29.4 Å². The summed E-state index contributed by atoms with van der Waals surface area (Å²) in [7, 11) is 0. The fourth-order valence-electron chi connectivity index (χ4n) is 3.19. The van der Waals surface area contributed by atoms with Crippen molar-refractivity contribution in [2.75, 3.05) is 6.61 Å². The van der Waals surface area contributed by atoms with Crippen molar-refractivity contribution in [2.45, 2.75) is 63.1 Å². The molecule has 0 radical (unpaired) electrons. The zero-order valence-corrected chi connectivity index (χ0v) is 12.3. The maximum absolute atomic E-state index is 9.74. The molecule has 0 aromatic heterocycles. The van der Waals surface area contributed by atoms with E-state index in [1.807, 2.05) is 6.07 Å². The van der Waals surface area contributed by atoms with Gasteiger partial charge in [0, 0.05) is 18.0 Å². The smallest absolute Gasteiger partial charge is 0.119 e. The molecule has 0 heterocycles. The lowest BCUT2D eigenvalue weighted by molar-refractivity contribution is 0.139. The molecule has 0 amide bonds. The number of rotatable bonds is 6. The molecule has 3 nitrogen and oxygen atoms in total. The molecule has 0 bridgehead atoms. The predicted octanol–water partition coefficient (Wildman–Crippen LogP) is 2.66. The van der Waals surface area contributed by atoms with Crippen LogP contribution in [0.5, 0.6) is 5.75 Å². The fraction of sp³-hybridized carbons (Fsp3) is 0.647.